The summed E-state index contributed by atoms with van der Waals surface area (Å²) in [6.45, 7) is 3.96. The fourth-order valence-electron chi connectivity index (χ4n) is 3.79. The van der Waals surface area contributed by atoms with Crippen LogP contribution in [0.4, 0.5) is 8.78 Å². The van der Waals surface area contributed by atoms with Gasteiger partial charge >= 0.3 is 0 Å². The van der Waals surface area contributed by atoms with Gasteiger partial charge in [0.05, 0.1) is 17.6 Å². The smallest absolute Gasteiger partial charge is 0.223 e. The van der Waals surface area contributed by atoms with Crippen LogP contribution in [0.25, 0.3) is 0 Å². The van der Waals surface area contributed by atoms with Crippen molar-refractivity contribution >= 4 is 28.2 Å². The third-order valence-electron chi connectivity index (χ3n) is 5.86. The molecule has 1 amide bonds. The number of sulfone groups is 1. The van der Waals surface area contributed by atoms with Gasteiger partial charge in [-0.05, 0) is 48.1 Å². The van der Waals surface area contributed by atoms with Crippen molar-refractivity contribution in [3.8, 4) is 0 Å². The van der Waals surface area contributed by atoms with E-state index in [9.17, 15) is 27.1 Å². The van der Waals surface area contributed by atoms with Gasteiger partial charge in [-0.1, -0.05) is 44.5 Å². The van der Waals surface area contributed by atoms with E-state index in [0.29, 0.717) is 12.0 Å². The number of carbonyl (C=O) groups excluding carboxylic acids is 1. The Hall–Kier alpha value is -2.07. The molecule has 0 saturated heterocycles. The summed E-state index contributed by atoms with van der Waals surface area (Å²) in [6, 6.07) is 9.84. The molecule has 0 aliphatic heterocycles. The monoisotopic (exact) mass is 546 g/mol. The average molecular weight is 547 g/mol. The van der Waals surface area contributed by atoms with Crippen LogP contribution in [-0.4, -0.2) is 54.5 Å². The number of aliphatic hydroxyl groups is 1. The van der Waals surface area contributed by atoms with Crippen LogP contribution < -0.4 is 5.73 Å². The maximum atomic E-state index is 13.5. The van der Waals surface area contributed by atoms with Gasteiger partial charge in [0, 0.05) is 31.6 Å². The molecule has 6 nitrogen and oxygen atoms in total. The van der Waals surface area contributed by atoms with Gasteiger partial charge in [0.15, 0.2) is 9.84 Å². The standard InChI is InChI=1S/C26H36F2N2O4S.ClH/c1-3-5-10-35(33,34)11-9-26(32)30(17-20-8-6-7-19(4-2)12-20)18-25(31)24(29)15-21-13-22(27)16-23(28)14-21;/h6-8,12-14,16,24-25,31H,3-5,9-11,15,17-18,29H2,1-2H3;1H/t24-,25+;/m0./s1. The van der Waals surface area contributed by atoms with Crippen LogP contribution in [0.15, 0.2) is 42.5 Å². The predicted molar refractivity (Wildman–Crippen MR) is 141 cm³/mol. The molecule has 0 aromatic heterocycles. The summed E-state index contributed by atoms with van der Waals surface area (Å²) in [6.07, 6.45) is 0.724. The Morgan fingerprint density at radius 3 is 2.28 bits per heavy atom. The SMILES string of the molecule is CCCCS(=O)(=O)CCC(=O)N(Cc1cccc(CC)c1)C[C@@H](O)[C@@H](N)Cc1cc(F)cc(F)c1.Cl. The van der Waals surface area contributed by atoms with Gasteiger partial charge in [0.2, 0.25) is 5.91 Å². The summed E-state index contributed by atoms with van der Waals surface area (Å²) >= 11 is 0. The molecule has 0 heterocycles. The van der Waals surface area contributed by atoms with E-state index in [1.165, 1.54) is 4.90 Å². The molecule has 0 aliphatic carbocycles. The first-order chi connectivity index (χ1) is 16.5. The van der Waals surface area contributed by atoms with Crippen LogP contribution in [0.2, 0.25) is 0 Å². The highest BCUT2D eigenvalue weighted by Gasteiger charge is 2.24. The highest BCUT2D eigenvalue weighted by Crippen LogP contribution is 2.15. The first-order valence-corrected chi connectivity index (χ1v) is 13.8. The molecule has 2 rings (SSSR count). The van der Waals surface area contributed by atoms with Crippen LogP contribution in [0.5, 0.6) is 0 Å². The minimum atomic E-state index is -3.36. The number of nitrogens with zero attached hydrogens (tertiary/aromatic N) is 1. The van der Waals surface area contributed by atoms with Crippen LogP contribution in [0.3, 0.4) is 0 Å². The van der Waals surface area contributed by atoms with Crippen molar-refractivity contribution < 1.29 is 27.1 Å². The Morgan fingerprint density at radius 1 is 1.03 bits per heavy atom. The number of nitrogens with two attached hydrogens (primary N) is 1. The summed E-state index contributed by atoms with van der Waals surface area (Å²) in [5, 5.41) is 10.7. The largest absolute Gasteiger partial charge is 0.390 e. The molecule has 36 heavy (non-hydrogen) atoms. The second-order valence-electron chi connectivity index (χ2n) is 8.92. The van der Waals surface area contributed by atoms with E-state index in [2.05, 4.69) is 0 Å². The van der Waals surface area contributed by atoms with Crippen LogP contribution in [0, 0.1) is 11.6 Å². The molecule has 10 heteroatoms. The molecule has 0 radical (unpaired) electrons. The summed E-state index contributed by atoms with van der Waals surface area (Å²) in [7, 11) is -3.36. The van der Waals surface area contributed by atoms with Gasteiger partial charge in [0.25, 0.3) is 0 Å². The number of unbranched alkanes of at least 4 members (excludes halogenated alkanes) is 1. The molecule has 0 fully saturated rings. The first kappa shape index (κ1) is 32.0. The Balaban J connectivity index is 0.00000648. The van der Waals surface area contributed by atoms with Crippen molar-refractivity contribution in [3.05, 3.63) is 70.8 Å². The number of aryl methyl sites for hydroxylation is 1. The van der Waals surface area contributed by atoms with Crippen LogP contribution in [0.1, 0.15) is 49.8 Å². The van der Waals surface area contributed by atoms with Crippen molar-refractivity contribution in [3.63, 3.8) is 0 Å². The van der Waals surface area contributed by atoms with Gasteiger partial charge in [0.1, 0.15) is 11.6 Å². The molecule has 0 unspecified atom stereocenters. The number of aliphatic hydroxyl groups excluding tert-OH is 1. The van der Waals surface area contributed by atoms with Gasteiger partial charge in [-0.25, -0.2) is 17.2 Å². The quantitative estimate of drug-likeness (QED) is 0.375. The van der Waals surface area contributed by atoms with Crippen LogP contribution >= 0.6 is 12.4 Å². The lowest BCUT2D eigenvalue weighted by atomic mass is 10.0. The topological polar surface area (TPSA) is 101 Å². The van der Waals surface area contributed by atoms with Crippen molar-refractivity contribution in [1.82, 2.24) is 4.90 Å². The zero-order valence-electron chi connectivity index (χ0n) is 20.8. The third-order valence-corrected chi connectivity index (χ3v) is 7.59. The van der Waals surface area contributed by atoms with Gasteiger partial charge < -0.3 is 15.7 Å². The predicted octanol–water partition coefficient (Wildman–Crippen LogP) is 3.81. The van der Waals surface area contributed by atoms with Crippen molar-refractivity contribution in [1.29, 1.82) is 0 Å². The summed E-state index contributed by atoms with van der Waals surface area (Å²) in [5.74, 6) is -2.11. The molecule has 2 aromatic carbocycles. The molecular weight excluding hydrogens is 510 g/mol. The number of amides is 1. The summed E-state index contributed by atoms with van der Waals surface area (Å²) in [5.41, 5.74) is 8.33. The van der Waals surface area contributed by atoms with Gasteiger partial charge in [-0.2, -0.15) is 0 Å². The fraction of sp³-hybridized carbons (Fsp3) is 0.500. The molecule has 2 aromatic rings. The number of rotatable bonds is 14. The number of halogens is 3. The highest BCUT2D eigenvalue weighted by atomic mass is 35.5. The molecule has 3 N–H and O–H groups in total. The number of benzene rings is 2. The van der Waals surface area contributed by atoms with E-state index >= 15 is 0 Å². The molecule has 0 bridgehead atoms. The second-order valence-corrected chi connectivity index (χ2v) is 11.2. The number of hydrogen-bond acceptors (Lipinski definition) is 5. The van der Waals surface area contributed by atoms with E-state index in [1.54, 1.807) is 0 Å². The molecule has 2 atom stereocenters. The highest BCUT2D eigenvalue weighted by molar-refractivity contribution is 7.91. The normalized spacial score (nSPS) is 13.1. The maximum Gasteiger partial charge on any atom is 0.223 e. The molecular formula is C26H37ClF2N2O4S. The van der Waals surface area contributed by atoms with Gasteiger partial charge in [-0.3, -0.25) is 4.79 Å². The maximum absolute atomic E-state index is 13.5. The summed E-state index contributed by atoms with van der Waals surface area (Å²) < 4.78 is 51.5. The molecule has 0 saturated carbocycles. The Labute approximate surface area is 219 Å². The lowest BCUT2D eigenvalue weighted by Gasteiger charge is -2.28. The summed E-state index contributed by atoms with van der Waals surface area (Å²) in [4.78, 5) is 14.4. The van der Waals surface area contributed by atoms with E-state index < -0.39 is 39.5 Å². The van der Waals surface area contributed by atoms with Crippen molar-refractivity contribution in [2.45, 2.75) is 64.6 Å². The molecule has 0 spiro atoms. The Bertz CT molecular complexity index is 1070. The number of carbonyl (C=O) groups is 1. The fourth-order valence-corrected chi connectivity index (χ4v) is 5.21. The Kier molecular flexibility index (Phi) is 13.5. The van der Waals surface area contributed by atoms with E-state index in [1.807, 2.05) is 38.1 Å². The Morgan fingerprint density at radius 2 is 1.67 bits per heavy atom. The van der Waals surface area contributed by atoms with Gasteiger partial charge in [-0.15, -0.1) is 12.4 Å². The zero-order chi connectivity index (χ0) is 26.0. The minimum Gasteiger partial charge on any atom is -0.390 e. The third kappa shape index (κ3) is 10.9. The van der Waals surface area contributed by atoms with Crippen molar-refractivity contribution in [2.75, 3.05) is 18.1 Å². The van der Waals surface area contributed by atoms with E-state index in [-0.39, 0.29) is 49.8 Å². The molecule has 202 valence electrons. The lowest BCUT2D eigenvalue weighted by Crippen LogP contribution is -2.46. The second kappa shape index (κ2) is 15.2. The average Bonchev–Trinajstić information content (AvgIpc) is 2.80. The van der Waals surface area contributed by atoms with Crippen molar-refractivity contribution in [2.24, 2.45) is 5.73 Å². The zero-order valence-corrected chi connectivity index (χ0v) is 22.5. The lowest BCUT2D eigenvalue weighted by molar-refractivity contribution is -0.133. The van der Waals surface area contributed by atoms with Crippen LogP contribution in [-0.2, 0) is 34.0 Å². The van der Waals surface area contributed by atoms with E-state index in [0.717, 1.165) is 42.2 Å². The van der Waals surface area contributed by atoms with E-state index in [4.69, 9.17) is 5.73 Å². The first-order valence-electron chi connectivity index (χ1n) is 12.0. The minimum absolute atomic E-state index is 0. The molecule has 0 aliphatic rings. The number of hydrogen-bond donors (Lipinski definition) is 2.